The lowest BCUT2D eigenvalue weighted by Gasteiger charge is -2.40. The molecule has 0 spiro atoms. The minimum absolute atomic E-state index is 0.0515. The maximum Gasteiger partial charge on any atom is 0.407 e. The molecule has 0 radical (unpaired) electrons. The maximum atomic E-state index is 11.9. The Morgan fingerprint density at radius 1 is 1.48 bits per heavy atom. The maximum absolute atomic E-state index is 11.9. The second-order valence-electron chi connectivity index (χ2n) is 6.41. The average Bonchev–Trinajstić information content (AvgIpc) is 2.40. The number of nitrogens with zero attached hydrogens (tertiary/aromatic N) is 3. The molecule has 1 aliphatic rings. The van der Waals surface area contributed by atoms with Gasteiger partial charge in [0.2, 0.25) is 0 Å². The summed E-state index contributed by atoms with van der Waals surface area (Å²) in [4.78, 5) is 14.1. The van der Waals surface area contributed by atoms with Crippen molar-refractivity contribution in [1.82, 2.24) is 15.5 Å². The molecule has 116 valence electrons. The Morgan fingerprint density at radius 3 is 2.86 bits per heavy atom. The van der Waals surface area contributed by atoms with Crippen molar-refractivity contribution >= 4 is 11.9 Å². The molecule has 1 aromatic heterocycles. The number of anilines is 1. The Balaban J connectivity index is 2.00. The van der Waals surface area contributed by atoms with E-state index in [1.165, 1.54) is 0 Å². The summed E-state index contributed by atoms with van der Waals surface area (Å²) in [5, 5.41) is 11.1. The fourth-order valence-corrected chi connectivity index (χ4v) is 2.57. The second kappa shape index (κ2) is 6.28. The molecule has 0 saturated carbocycles. The van der Waals surface area contributed by atoms with Crippen molar-refractivity contribution in [2.45, 2.75) is 58.2 Å². The number of alkyl carbamates (subject to hydrolysis) is 1. The van der Waals surface area contributed by atoms with Gasteiger partial charge in [0, 0.05) is 18.8 Å². The van der Waals surface area contributed by atoms with Crippen LogP contribution in [0.2, 0.25) is 0 Å². The SMILES string of the molecule is CC1[C@H](NC(=O)OC(C)(C)C)CCCN1c1cccnn1. The van der Waals surface area contributed by atoms with E-state index in [0.717, 1.165) is 25.2 Å². The van der Waals surface area contributed by atoms with Gasteiger partial charge in [0.25, 0.3) is 0 Å². The fourth-order valence-electron chi connectivity index (χ4n) is 2.57. The molecule has 2 heterocycles. The summed E-state index contributed by atoms with van der Waals surface area (Å²) >= 11 is 0. The first-order valence-electron chi connectivity index (χ1n) is 7.41. The summed E-state index contributed by atoms with van der Waals surface area (Å²) in [7, 11) is 0. The van der Waals surface area contributed by atoms with Crippen molar-refractivity contribution in [3.63, 3.8) is 0 Å². The van der Waals surface area contributed by atoms with E-state index in [-0.39, 0.29) is 18.2 Å². The lowest BCUT2D eigenvalue weighted by molar-refractivity contribution is 0.0489. The quantitative estimate of drug-likeness (QED) is 0.906. The van der Waals surface area contributed by atoms with E-state index >= 15 is 0 Å². The van der Waals surface area contributed by atoms with Crippen LogP contribution >= 0.6 is 0 Å². The molecule has 6 nitrogen and oxygen atoms in total. The Hall–Kier alpha value is -1.85. The standard InChI is InChI=1S/C15H24N4O2/c1-11-12(17-14(20)21-15(2,3)4)7-6-10-19(11)13-8-5-9-16-18-13/h5,8-9,11-12H,6-7,10H2,1-4H3,(H,17,20)/t11?,12-/m1/s1. The highest BCUT2D eigenvalue weighted by atomic mass is 16.6. The van der Waals surface area contributed by atoms with Crippen molar-refractivity contribution in [3.8, 4) is 0 Å². The summed E-state index contributed by atoms with van der Waals surface area (Å²) < 4.78 is 5.33. The highest BCUT2D eigenvalue weighted by Gasteiger charge is 2.31. The predicted octanol–water partition coefficient (Wildman–Crippen LogP) is 2.36. The van der Waals surface area contributed by atoms with Gasteiger partial charge in [-0.05, 0) is 52.7 Å². The number of nitrogens with one attached hydrogen (secondary N) is 1. The van der Waals surface area contributed by atoms with Crippen LogP contribution in [0.5, 0.6) is 0 Å². The molecule has 6 heteroatoms. The molecule has 0 aliphatic carbocycles. The highest BCUT2D eigenvalue weighted by Crippen LogP contribution is 2.23. The van der Waals surface area contributed by atoms with Gasteiger partial charge in [-0.15, -0.1) is 5.10 Å². The van der Waals surface area contributed by atoms with E-state index in [9.17, 15) is 4.79 Å². The number of ether oxygens (including phenoxy) is 1. The third kappa shape index (κ3) is 4.31. The van der Waals surface area contributed by atoms with Crippen LogP contribution in [0.3, 0.4) is 0 Å². The molecule has 1 N–H and O–H groups in total. The van der Waals surface area contributed by atoms with Crippen LogP contribution in [-0.2, 0) is 4.74 Å². The van der Waals surface area contributed by atoms with Gasteiger partial charge in [0.1, 0.15) is 5.60 Å². The zero-order valence-corrected chi connectivity index (χ0v) is 13.2. The first kappa shape index (κ1) is 15.5. The molecule has 21 heavy (non-hydrogen) atoms. The second-order valence-corrected chi connectivity index (χ2v) is 6.41. The largest absolute Gasteiger partial charge is 0.444 e. The summed E-state index contributed by atoms with van der Waals surface area (Å²) in [5.41, 5.74) is -0.480. The molecule has 2 atom stereocenters. The van der Waals surface area contributed by atoms with Gasteiger partial charge in [-0.3, -0.25) is 0 Å². The van der Waals surface area contributed by atoms with Crippen LogP contribution in [-0.4, -0.2) is 40.5 Å². The number of rotatable bonds is 2. The van der Waals surface area contributed by atoms with Crippen LogP contribution in [0.1, 0.15) is 40.5 Å². The van der Waals surface area contributed by atoms with Crippen LogP contribution < -0.4 is 10.2 Å². The van der Waals surface area contributed by atoms with Crippen molar-refractivity contribution in [2.75, 3.05) is 11.4 Å². The third-order valence-electron chi connectivity index (χ3n) is 3.54. The van der Waals surface area contributed by atoms with Crippen LogP contribution in [0.4, 0.5) is 10.6 Å². The molecule has 1 aromatic rings. The molecular formula is C15H24N4O2. The van der Waals surface area contributed by atoms with Crippen LogP contribution in [0.25, 0.3) is 0 Å². The minimum Gasteiger partial charge on any atom is -0.444 e. The summed E-state index contributed by atoms with van der Waals surface area (Å²) in [6.45, 7) is 8.61. The van der Waals surface area contributed by atoms with Crippen molar-refractivity contribution in [1.29, 1.82) is 0 Å². The lowest BCUT2D eigenvalue weighted by atomic mass is 9.97. The molecule has 1 amide bonds. The van der Waals surface area contributed by atoms with E-state index in [1.54, 1.807) is 6.20 Å². The van der Waals surface area contributed by atoms with Gasteiger partial charge in [0.15, 0.2) is 5.82 Å². The number of carbonyl (C=O) groups is 1. The van der Waals surface area contributed by atoms with Crippen LogP contribution in [0, 0.1) is 0 Å². The topological polar surface area (TPSA) is 67.3 Å². The zero-order chi connectivity index (χ0) is 15.5. The van der Waals surface area contributed by atoms with E-state index in [1.807, 2.05) is 32.9 Å². The Labute approximate surface area is 125 Å². The molecule has 1 unspecified atom stereocenters. The smallest absolute Gasteiger partial charge is 0.407 e. The molecule has 0 aromatic carbocycles. The lowest BCUT2D eigenvalue weighted by Crippen LogP contribution is -2.55. The van der Waals surface area contributed by atoms with E-state index < -0.39 is 5.60 Å². The van der Waals surface area contributed by atoms with Crippen molar-refractivity contribution < 1.29 is 9.53 Å². The molecule has 1 aliphatic heterocycles. The van der Waals surface area contributed by atoms with Gasteiger partial charge in [-0.2, -0.15) is 5.10 Å². The highest BCUT2D eigenvalue weighted by molar-refractivity contribution is 5.68. The molecule has 1 saturated heterocycles. The number of hydrogen-bond acceptors (Lipinski definition) is 5. The number of amides is 1. The third-order valence-corrected chi connectivity index (χ3v) is 3.54. The summed E-state index contributed by atoms with van der Waals surface area (Å²) in [6.07, 6.45) is 3.24. The Morgan fingerprint density at radius 2 is 2.24 bits per heavy atom. The fraction of sp³-hybridized carbons (Fsp3) is 0.667. The predicted molar refractivity (Wildman–Crippen MR) is 81.2 cm³/mol. The number of hydrogen-bond donors (Lipinski definition) is 1. The van der Waals surface area contributed by atoms with Crippen LogP contribution in [0.15, 0.2) is 18.3 Å². The number of aromatic nitrogens is 2. The average molecular weight is 292 g/mol. The van der Waals surface area contributed by atoms with Crippen molar-refractivity contribution in [3.05, 3.63) is 18.3 Å². The zero-order valence-electron chi connectivity index (χ0n) is 13.2. The van der Waals surface area contributed by atoms with Crippen molar-refractivity contribution in [2.24, 2.45) is 0 Å². The normalized spacial score (nSPS) is 22.8. The number of carbonyl (C=O) groups excluding carboxylic acids is 1. The summed E-state index contributed by atoms with van der Waals surface area (Å²) in [6, 6.07) is 4.03. The number of piperidine rings is 1. The monoisotopic (exact) mass is 292 g/mol. The van der Waals surface area contributed by atoms with Gasteiger partial charge in [0.05, 0.1) is 6.04 Å². The Kier molecular flexibility index (Phi) is 4.65. The molecule has 2 rings (SSSR count). The van der Waals surface area contributed by atoms with Gasteiger partial charge >= 0.3 is 6.09 Å². The van der Waals surface area contributed by atoms with Gasteiger partial charge in [-0.25, -0.2) is 4.79 Å². The molecular weight excluding hydrogens is 268 g/mol. The summed E-state index contributed by atoms with van der Waals surface area (Å²) in [5.74, 6) is 0.848. The first-order chi connectivity index (χ1) is 9.87. The first-order valence-corrected chi connectivity index (χ1v) is 7.41. The molecule has 0 bridgehead atoms. The van der Waals surface area contributed by atoms with E-state index in [2.05, 4.69) is 27.3 Å². The minimum atomic E-state index is -0.480. The Bertz CT molecular complexity index is 472. The van der Waals surface area contributed by atoms with Gasteiger partial charge < -0.3 is 15.0 Å². The van der Waals surface area contributed by atoms with Gasteiger partial charge in [-0.1, -0.05) is 0 Å². The molecule has 1 fully saturated rings. The van der Waals surface area contributed by atoms with E-state index in [0.29, 0.717) is 0 Å². The van der Waals surface area contributed by atoms with E-state index in [4.69, 9.17) is 4.74 Å².